The SMILES string of the molecule is Cc1cc(C)cc(N(C)C(=O)c2cncc(Br)c2)c1. The molecule has 3 nitrogen and oxygen atoms in total. The number of pyridine rings is 1. The van der Waals surface area contributed by atoms with Crippen LogP contribution in [0.1, 0.15) is 21.5 Å². The van der Waals surface area contributed by atoms with Gasteiger partial charge in [0.25, 0.3) is 5.91 Å². The Morgan fingerprint density at radius 3 is 2.32 bits per heavy atom. The summed E-state index contributed by atoms with van der Waals surface area (Å²) in [5.74, 6) is -0.0706. The lowest BCUT2D eigenvalue weighted by Crippen LogP contribution is -2.26. The van der Waals surface area contributed by atoms with Crippen LogP contribution in [0.5, 0.6) is 0 Å². The molecule has 1 amide bonds. The van der Waals surface area contributed by atoms with Gasteiger partial charge >= 0.3 is 0 Å². The Hall–Kier alpha value is -1.68. The molecular weight excluding hydrogens is 304 g/mol. The number of carbonyl (C=O) groups is 1. The molecule has 1 aromatic heterocycles. The van der Waals surface area contributed by atoms with Gasteiger partial charge in [-0.15, -0.1) is 0 Å². The number of halogens is 1. The van der Waals surface area contributed by atoms with Gasteiger partial charge < -0.3 is 4.90 Å². The van der Waals surface area contributed by atoms with E-state index >= 15 is 0 Å². The number of benzene rings is 1. The highest BCUT2D eigenvalue weighted by Crippen LogP contribution is 2.20. The molecule has 0 aliphatic rings. The molecule has 0 spiro atoms. The van der Waals surface area contributed by atoms with Crippen LogP contribution in [0.3, 0.4) is 0 Å². The van der Waals surface area contributed by atoms with Gasteiger partial charge in [0.2, 0.25) is 0 Å². The van der Waals surface area contributed by atoms with E-state index in [1.54, 1.807) is 30.4 Å². The first kappa shape index (κ1) is 13.7. The van der Waals surface area contributed by atoms with Crippen molar-refractivity contribution in [1.29, 1.82) is 0 Å². The van der Waals surface area contributed by atoms with Crippen molar-refractivity contribution < 1.29 is 4.79 Å². The first-order valence-electron chi connectivity index (χ1n) is 5.94. The van der Waals surface area contributed by atoms with E-state index < -0.39 is 0 Å². The van der Waals surface area contributed by atoms with E-state index in [0.717, 1.165) is 21.3 Å². The lowest BCUT2D eigenvalue weighted by Gasteiger charge is -2.18. The molecule has 19 heavy (non-hydrogen) atoms. The summed E-state index contributed by atoms with van der Waals surface area (Å²) in [5.41, 5.74) is 3.74. The molecule has 2 aromatic rings. The average Bonchev–Trinajstić information content (AvgIpc) is 2.36. The molecule has 0 radical (unpaired) electrons. The standard InChI is InChI=1S/C15H15BrN2O/c1-10-4-11(2)6-14(5-10)18(3)15(19)12-7-13(16)9-17-8-12/h4-9H,1-3H3. The number of hydrogen-bond acceptors (Lipinski definition) is 2. The largest absolute Gasteiger partial charge is 0.311 e. The van der Waals surface area contributed by atoms with E-state index in [0.29, 0.717) is 5.56 Å². The van der Waals surface area contributed by atoms with Crippen LogP contribution in [0.25, 0.3) is 0 Å². The average molecular weight is 319 g/mol. The summed E-state index contributed by atoms with van der Waals surface area (Å²) in [7, 11) is 1.78. The quantitative estimate of drug-likeness (QED) is 0.845. The minimum atomic E-state index is -0.0706. The predicted molar refractivity (Wildman–Crippen MR) is 80.6 cm³/mol. The molecule has 0 bridgehead atoms. The molecule has 2 rings (SSSR count). The van der Waals surface area contributed by atoms with Crippen LogP contribution < -0.4 is 4.90 Å². The predicted octanol–water partition coefficient (Wildman–Crippen LogP) is 3.74. The molecule has 1 aromatic carbocycles. The van der Waals surface area contributed by atoms with Crippen molar-refractivity contribution in [3.63, 3.8) is 0 Å². The number of aryl methyl sites for hydroxylation is 2. The molecule has 0 aliphatic heterocycles. The number of carbonyl (C=O) groups excluding carboxylic acids is 1. The third-order valence-electron chi connectivity index (χ3n) is 2.85. The van der Waals surface area contributed by atoms with Gasteiger partial charge in [0.1, 0.15) is 0 Å². The molecule has 1 heterocycles. The summed E-state index contributed by atoms with van der Waals surface area (Å²) < 4.78 is 0.798. The Labute approximate surface area is 121 Å². The second-order valence-electron chi connectivity index (χ2n) is 4.60. The summed E-state index contributed by atoms with van der Waals surface area (Å²) in [6.07, 6.45) is 3.24. The van der Waals surface area contributed by atoms with Crippen LogP contribution in [0.15, 0.2) is 41.1 Å². The summed E-state index contributed by atoms with van der Waals surface area (Å²) in [6.45, 7) is 4.05. The lowest BCUT2D eigenvalue weighted by molar-refractivity contribution is 0.0992. The second kappa shape index (κ2) is 5.53. The summed E-state index contributed by atoms with van der Waals surface area (Å²) in [6, 6.07) is 7.85. The van der Waals surface area contributed by atoms with Crippen LogP contribution in [-0.4, -0.2) is 17.9 Å². The number of anilines is 1. The Kier molecular flexibility index (Phi) is 4.00. The fourth-order valence-corrected chi connectivity index (χ4v) is 2.35. The van der Waals surface area contributed by atoms with E-state index in [2.05, 4.69) is 27.0 Å². The lowest BCUT2D eigenvalue weighted by atomic mass is 10.1. The minimum Gasteiger partial charge on any atom is -0.311 e. The normalized spacial score (nSPS) is 10.3. The van der Waals surface area contributed by atoms with Crippen molar-refractivity contribution in [3.05, 3.63) is 57.8 Å². The highest BCUT2D eigenvalue weighted by atomic mass is 79.9. The molecular formula is C15H15BrN2O. The van der Waals surface area contributed by atoms with Crippen molar-refractivity contribution in [3.8, 4) is 0 Å². The van der Waals surface area contributed by atoms with Gasteiger partial charge in [0.05, 0.1) is 5.56 Å². The molecule has 0 saturated carbocycles. The summed E-state index contributed by atoms with van der Waals surface area (Å²) >= 11 is 3.33. The van der Waals surface area contributed by atoms with E-state index in [1.807, 2.05) is 26.0 Å². The fraction of sp³-hybridized carbons (Fsp3) is 0.200. The van der Waals surface area contributed by atoms with Crippen molar-refractivity contribution in [2.45, 2.75) is 13.8 Å². The molecule has 98 valence electrons. The van der Waals surface area contributed by atoms with Gasteiger partial charge in [-0.2, -0.15) is 0 Å². The maximum atomic E-state index is 12.4. The molecule has 4 heteroatoms. The van der Waals surface area contributed by atoms with E-state index in [9.17, 15) is 4.79 Å². The van der Waals surface area contributed by atoms with Gasteiger partial charge in [-0.05, 0) is 59.1 Å². The third-order valence-corrected chi connectivity index (χ3v) is 3.28. The molecule has 0 fully saturated rings. The van der Waals surface area contributed by atoms with E-state index in [1.165, 1.54) is 0 Å². The molecule has 0 aliphatic carbocycles. The van der Waals surface area contributed by atoms with Crippen molar-refractivity contribution in [2.75, 3.05) is 11.9 Å². The zero-order chi connectivity index (χ0) is 14.0. The van der Waals surface area contributed by atoms with Gasteiger partial charge in [-0.1, -0.05) is 6.07 Å². The smallest absolute Gasteiger partial charge is 0.259 e. The van der Waals surface area contributed by atoms with Gasteiger partial charge in [-0.25, -0.2) is 0 Å². The monoisotopic (exact) mass is 318 g/mol. The van der Waals surface area contributed by atoms with Crippen molar-refractivity contribution in [1.82, 2.24) is 4.98 Å². The topological polar surface area (TPSA) is 33.2 Å². The van der Waals surface area contributed by atoms with Gasteiger partial charge in [0, 0.05) is 29.6 Å². The highest BCUT2D eigenvalue weighted by molar-refractivity contribution is 9.10. The molecule has 0 unspecified atom stereocenters. The van der Waals surface area contributed by atoms with E-state index in [4.69, 9.17) is 0 Å². The minimum absolute atomic E-state index is 0.0706. The Bertz CT molecular complexity index is 605. The molecule has 0 atom stereocenters. The van der Waals surface area contributed by atoms with Crippen LogP contribution >= 0.6 is 15.9 Å². The number of rotatable bonds is 2. The zero-order valence-corrected chi connectivity index (χ0v) is 12.7. The number of nitrogens with zero attached hydrogens (tertiary/aromatic N) is 2. The second-order valence-corrected chi connectivity index (χ2v) is 5.52. The highest BCUT2D eigenvalue weighted by Gasteiger charge is 2.14. The Morgan fingerprint density at radius 1 is 1.11 bits per heavy atom. The van der Waals surface area contributed by atoms with Gasteiger partial charge in [-0.3, -0.25) is 9.78 Å². The van der Waals surface area contributed by atoms with Crippen LogP contribution in [0, 0.1) is 13.8 Å². The fourth-order valence-electron chi connectivity index (χ4n) is 1.98. The third kappa shape index (κ3) is 3.20. The van der Waals surface area contributed by atoms with Crippen LogP contribution in [-0.2, 0) is 0 Å². The number of aromatic nitrogens is 1. The maximum absolute atomic E-state index is 12.4. The Morgan fingerprint density at radius 2 is 1.74 bits per heavy atom. The zero-order valence-electron chi connectivity index (χ0n) is 11.1. The molecule has 0 saturated heterocycles. The van der Waals surface area contributed by atoms with Crippen LogP contribution in [0.4, 0.5) is 5.69 Å². The Balaban J connectivity index is 2.33. The molecule has 0 N–H and O–H groups in total. The number of amides is 1. The number of hydrogen-bond donors (Lipinski definition) is 0. The maximum Gasteiger partial charge on any atom is 0.259 e. The van der Waals surface area contributed by atoms with E-state index in [-0.39, 0.29) is 5.91 Å². The van der Waals surface area contributed by atoms with Crippen LogP contribution in [0.2, 0.25) is 0 Å². The first-order valence-corrected chi connectivity index (χ1v) is 6.73. The summed E-state index contributed by atoms with van der Waals surface area (Å²) in [4.78, 5) is 18.0. The first-order chi connectivity index (χ1) is 8.97. The van der Waals surface area contributed by atoms with Crippen molar-refractivity contribution in [2.24, 2.45) is 0 Å². The summed E-state index contributed by atoms with van der Waals surface area (Å²) in [5, 5.41) is 0. The van der Waals surface area contributed by atoms with Gasteiger partial charge in [0.15, 0.2) is 0 Å². The van der Waals surface area contributed by atoms with Crippen molar-refractivity contribution >= 4 is 27.5 Å².